The normalized spacial score (nSPS) is 22.7. The smallest absolute Gasteiger partial charge is 0.254 e. The summed E-state index contributed by atoms with van der Waals surface area (Å²) in [7, 11) is 0. The van der Waals surface area contributed by atoms with Gasteiger partial charge in [-0.1, -0.05) is 6.07 Å². The summed E-state index contributed by atoms with van der Waals surface area (Å²) in [6, 6.07) is 10.1. The molecule has 1 aliphatic carbocycles. The van der Waals surface area contributed by atoms with E-state index in [-0.39, 0.29) is 29.4 Å². The van der Waals surface area contributed by atoms with Crippen molar-refractivity contribution in [2.75, 3.05) is 26.2 Å². The third-order valence-electron chi connectivity index (χ3n) is 4.99. The minimum atomic E-state index is -0.108. The standard InChI is InChI=1S/C19H20N2O4/c22-14-4-1-3-13(11-14)18(23)20-6-8-21(9-7-20)19(24)16-12-15(16)17-5-2-10-25-17/h1-5,10-11,15-16,22H,6-9,12H2. The van der Waals surface area contributed by atoms with Crippen LogP contribution in [0.15, 0.2) is 47.1 Å². The van der Waals surface area contributed by atoms with Gasteiger partial charge in [-0.15, -0.1) is 0 Å². The minimum Gasteiger partial charge on any atom is -0.508 e. The molecule has 2 aliphatic rings. The van der Waals surface area contributed by atoms with Gasteiger partial charge < -0.3 is 19.3 Å². The number of carbonyl (C=O) groups is 2. The van der Waals surface area contributed by atoms with Gasteiger partial charge in [0, 0.05) is 43.6 Å². The van der Waals surface area contributed by atoms with Crippen LogP contribution in [0.25, 0.3) is 0 Å². The first-order valence-corrected chi connectivity index (χ1v) is 8.54. The Labute approximate surface area is 145 Å². The molecule has 130 valence electrons. The Balaban J connectivity index is 1.33. The summed E-state index contributed by atoms with van der Waals surface area (Å²) in [6.07, 6.45) is 2.48. The summed E-state index contributed by atoms with van der Waals surface area (Å²) in [5.74, 6) is 1.23. The van der Waals surface area contributed by atoms with E-state index in [9.17, 15) is 14.7 Å². The van der Waals surface area contributed by atoms with E-state index >= 15 is 0 Å². The number of benzene rings is 1. The topological polar surface area (TPSA) is 74.0 Å². The second-order valence-corrected chi connectivity index (χ2v) is 6.63. The van der Waals surface area contributed by atoms with Gasteiger partial charge in [-0.05, 0) is 36.8 Å². The maximum atomic E-state index is 12.6. The molecule has 0 radical (unpaired) electrons. The molecular weight excluding hydrogens is 320 g/mol. The zero-order chi connectivity index (χ0) is 17.4. The molecule has 1 saturated carbocycles. The number of rotatable bonds is 3. The molecule has 1 saturated heterocycles. The molecule has 2 fully saturated rings. The number of phenols is 1. The second-order valence-electron chi connectivity index (χ2n) is 6.63. The van der Waals surface area contributed by atoms with Crippen molar-refractivity contribution in [2.45, 2.75) is 12.3 Å². The third kappa shape index (κ3) is 3.12. The van der Waals surface area contributed by atoms with Crippen LogP contribution >= 0.6 is 0 Å². The maximum absolute atomic E-state index is 12.6. The van der Waals surface area contributed by atoms with Crippen LogP contribution < -0.4 is 0 Å². The highest BCUT2D eigenvalue weighted by Crippen LogP contribution is 2.48. The predicted molar refractivity (Wildman–Crippen MR) is 90.1 cm³/mol. The van der Waals surface area contributed by atoms with E-state index in [1.165, 1.54) is 6.07 Å². The van der Waals surface area contributed by atoms with E-state index in [0.717, 1.165) is 12.2 Å². The van der Waals surface area contributed by atoms with Crippen LogP contribution in [-0.2, 0) is 4.79 Å². The molecule has 2 amide bonds. The number of amides is 2. The average Bonchev–Trinajstić information content (AvgIpc) is 3.25. The molecule has 4 rings (SSSR count). The molecule has 2 aromatic rings. The number of aromatic hydroxyl groups is 1. The molecule has 2 heterocycles. The van der Waals surface area contributed by atoms with Gasteiger partial charge in [0.25, 0.3) is 5.91 Å². The molecule has 1 N–H and O–H groups in total. The van der Waals surface area contributed by atoms with Crippen molar-refractivity contribution in [2.24, 2.45) is 5.92 Å². The van der Waals surface area contributed by atoms with Gasteiger partial charge in [0.05, 0.1) is 6.26 Å². The fourth-order valence-electron chi connectivity index (χ4n) is 3.47. The molecule has 0 bridgehead atoms. The Morgan fingerprint density at radius 1 is 1.04 bits per heavy atom. The predicted octanol–water partition coefficient (Wildman–Crippen LogP) is 2.07. The Morgan fingerprint density at radius 2 is 1.80 bits per heavy atom. The van der Waals surface area contributed by atoms with Crippen molar-refractivity contribution in [3.8, 4) is 5.75 Å². The van der Waals surface area contributed by atoms with Crippen molar-refractivity contribution in [1.82, 2.24) is 9.80 Å². The second kappa shape index (κ2) is 6.27. The molecule has 1 aliphatic heterocycles. The van der Waals surface area contributed by atoms with E-state index in [2.05, 4.69) is 0 Å². The lowest BCUT2D eigenvalue weighted by atomic mass is 10.1. The van der Waals surface area contributed by atoms with Crippen LogP contribution in [0.5, 0.6) is 5.75 Å². The number of hydrogen-bond donors (Lipinski definition) is 1. The lowest BCUT2D eigenvalue weighted by Crippen LogP contribution is -2.51. The van der Waals surface area contributed by atoms with Crippen LogP contribution in [0, 0.1) is 5.92 Å². The van der Waals surface area contributed by atoms with Gasteiger partial charge in [-0.3, -0.25) is 9.59 Å². The highest BCUT2D eigenvalue weighted by molar-refractivity contribution is 5.94. The van der Waals surface area contributed by atoms with Crippen LogP contribution in [0.2, 0.25) is 0 Å². The summed E-state index contributed by atoms with van der Waals surface area (Å²) < 4.78 is 5.39. The zero-order valence-corrected chi connectivity index (χ0v) is 13.8. The minimum absolute atomic E-state index is 0.0134. The summed E-state index contributed by atoms with van der Waals surface area (Å²) >= 11 is 0. The highest BCUT2D eigenvalue weighted by atomic mass is 16.3. The molecule has 1 aromatic heterocycles. The third-order valence-corrected chi connectivity index (χ3v) is 4.99. The molecule has 0 spiro atoms. The lowest BCUT2D eigenvalue weighted by molar-refractivity contribution is -0.134. The number of piperazine rings is 1. The number of phenolic OH excluding ortho intramolecular Hbond substituents is 1. The van der Waals surface area contributed by atoms with E-state index in [1.807, 2.05) is 17.0 Å². The van der Waals surface area contributed by atoms with Gasteiger partial charge in [0.2, 0.25) is 5.91 Å². The molecule has 25 heavy (non-hydrogen) atoms. The first-order valence-electron chi connectivity index (χ1n) is 8.54. The largest absolute Gasteiger partial charge is 0.508 e. The first-order chi connectivity index (χ1) is 12.1. The van der Waals surface area contributed by atoms with Gasteiger partial charge >= 0.3 is 0 Å². The average molecular weight is 340 g/mol. The molecule has 1 aromatic carbocycles. The number of furan rings is 1. The summed E-state index contributed by atoms with van der Waals surface area (Å²) in [6.45, 7) is 2.12. The van der Waals surface area contributed by atoms with Crippen LogP contribution in [0.3, 0.4) is 0 Å². The molecule has 2 atom stereocenters. The van der Waals surface area contributed by atoms with Gasteiger partial charge in [-0.2, -0.15) is 0 Å². The summed E-state index contributed by atoms with van der Waals surface area (Å²) in [5, 5.41) is 9.52. The Bertz CT molecular complexity index is 778. The molecule has 6 heteroatoms. The summed E-state index contributed by atoms with van der Waals surface area (Å²) in [5.41, 5.74) is 0.472. The van der Waals surface area contributed by atoms with Crippen LogP contribution in [0.1, 0.15) is 28.5 Å². The number of hydrogen-bond acceptors (Lipinski definition) is 4. The van der Waals surface area contributed by atoms with E-state index in [0.29, 0.717) is 31.7 Å². The molecule has 6 nitrogen and oxygen atoms in total. The van der Waals surface area contributed by atoms with Crippen molar-refractivity contribution in [3.05, 3.63) is 54.0 Å². The van der Waals surface area contributed by atoms with Crippen LogP contribution in [-0.4, -0.2) is 52.9 Å². The van der Waals surface area contributed by atoms with Crippen molar-refractivity contribution in [3.63, 3.8) is 0 Å². The summed E-state index contributed by atoms with van der Waals surface area (Å²) in [4.78, 5) is 28.7. The van der Waals surface area contributed by atoms with Crippen molar-refractivity contribution in [1.29, 1.82) is 0 Å². The van der Waals surface area contributed by atoms with Gasteiger partial charge in [-0.25, -0.2) is 0 Å². The maximum Gasteiger partial charge on any atom is 0.254 e. The fourth-order valence-corrected chi connectivity index (χ4v) is 3.47. The first kappa shape index (κ1) is 15.7. The monoisotopic (exact) mass is 340 g/mol. The highest BCUT2D eigenvalue weighted by Gasteiger charge is 2.47. The van der Waals surface area contributed by atoms with Crippen LogP contribution in [0.4, 0.5) is 0 Å². The van der Waals surface area contributed by atoms with Crippen molar-refractivity contribution >= 4 is 11.8 Å². The van der Waals surface area contributed by atoms with E-state index in [4.69, 9.17) is 4.42 Å². The number of nitrogens with zero attached hydrogens (tertiary/aromatic N) is 2. The quantitative estimate of drug-likeness (QED) is 0.928. The Hall–Kier alpha value is -2.76. The van der Waals surface area contributed by atoms with E-state index in [1.54, 1.807) is 29.4 Å². The fraction of sp³-hybridized carbons (Fsp3) is 0.368. The van der Waals surface area contributed by atoms with E-state index < -0.39 is 0 Å². The number of carbonyl (C=O) groups excluding carboxylic acids is 2. The van der Waals surface area contributed by atoms with Gasteiger partial charge in [0.15, 0.2) is 0 Å². The van der Waals surface area contributed by atoms with Gasteiger partial charge in [0.1, 0.15) is 11.5 Å². The molecule has 2 unspecified atom stereocenters. The van der Waals surface area contributed by atoms with Crippen molar-refractivity contribution < 1.29 is 19.1 Å². The SMILES string of the molecule is O=C(c1cccc(O)c1)N1CCN(C(=O)C2CC2c2ccco2)CC1. The Kier molecular flexibility index (Phi) is 3.95. The Morgan fingerprint density at radius 3 is 2.48 bits per heavy atom. The lowest BCUT2D eigenvalue weighted by Gasteiger charge is -2.35. The molecular formula is C19H20N2O4. The zero-order valence-electron chi connectivity index (χ0n) is 13.8.